The third-order valence-corrected chi connectivity index (χ3v) is 3.39. The normalized spacial score (nSPS) is 11.8. The highest BCUT2D eigenvalue weighted by atomic mass is 79.9. The molecule has 1 rings (SSSR count). The van der Waals surface area contributed by atoms with E-state index in [-0.39, 0.29) is 16.7 Å². The third-order valence-electron chi connectivity index (χ3n) is 2.78. The van der Waals surface area contributed by atoms with Gasteiger partial charge in [-0.05, 0) is 34.8 Å². The molecule has 0 bridgehead atoms. The van der Waals surface area contributed by atoms with Gasteiger partial charge in [-0.15, -0.1) is 0 Å². The van der Waals surface area contributed by atoms with E-state index in [4.69, 9.17) is 5.11 Å². The Balaban J connectivity index is 2.41. The molecule has 21 heavy (non-hydrogen) atoms. The van der Waals surface area contributed by atoms with Crippen LogP contribution in [0.3, 0.4) is 0 Å². The van der Waals surface area contributed by atoms with Gasteiger partial charge in [0.1, 0.15) is 11.6 Å². The highest BCUT2D eigenvalue weighted by Crippen LogP contribution is 2.23. The predicted molar refractivity (Wildman–Crippen MR) is 77.1 cm³/mol. The minimum absolute atomic E-state index is 0.0366. The van der Waals surface area contributed by atoms with E-state index >= 15 is 0 Å². The van der Waals surface area contributed by atoms with Crippen molar-refractivity contribution in [3.05, 3.63) is 28.2 Å². The van der Waals surface area contributed by atoms with Gasteiger partial charge in [-0.1, -0.05) is 6.92 Å². The number of aliphatic carboxylic acids is 1. The van der Waals surface area contributed by atoms with Crippen LogP contribution in [0.2, 0.25) is 0 Å². The number of benzene rings is 1. The fraction of sp³-hybridized carbons (Fsp3) is 0.385. The second-order valence-corrected chi connectivity index (χ2v) is 5.36. The molecular weight excluding hydrogens is 350 g/mol. The summed E-state index contributed by atoms with van der Waals surface area (Å²) in [6.45, 7) is 1.83. The first kappa shape index (κ1) is 17.4. The molecule has 116 valence electrons. The van der Waals surface area contributed by atoms with Crippen LogP contribution in [-0.2, 0) is 4.79 Å². The number of carboxylic acid groups (broad SMARTS) is 1. The second-order valence-electron chi connectivity index (χ2n) is 4.51. The molecular formula is C13H15BrF2N2O3. The molecule has 0 saturated heterocycles. The van der Waals surface area contributed by atoms with Gasteiger partial charge in [0.25, 0.3) is 0 Å². The van der Waals surface area contributed by atoms with Gasteiger partial charge in [0.05, 0.1) is 16.1 Å². The van der Waals surface area contributed by atoms with E-state index < -0.39 is 29.6 Å². The van der Waals surface area contributed by atoms with Crippen molar-refractivity contribution in [2.75, 3.05) is 11.9 Å². The second kappa shape index (κ2) is 7.92. The number of carboxylic acids is 1. The van der Waals surface area contributed by atoms with Crippen molar-refractivity contribution in [2.45, 2.75) is 19.8 Å². The number of amides is 2. The molecule has 0 aliphatic carbocycles. The van der Waals surface area contributed by atoms with E-state index in [9.17, 15) is 18.4 Å². The van der Waals surface area contributed by atoms with Gasteiger partial charge >= 0.3 is 12.0 Å². The number of hydrogen-bond acceptors (Lipinski definition) is 2. The molecule has 0 heterocycles. The first-order valence-corrected chi connectivity index (χ1v) is 7.02. The zero-order valence-corrected chi connectivity index (χ0v) is 12.8. The number of rotatable bonds is 6. The smallest absolute Gasteiger partial charge is 0.319 e. The zero-order chi connectivity index (χ0) is 16.0. The van der Waals surface area contributed by atoms with Gasteiger partial charge in [0.15, 0.2) is 0 Å². The molecule has 0 radical (unpaired) electrons. The van der Waals surface area contributed by atoms with Gasteiger partial charge < -0.3 is 15.7 Å². The highest BCUT2D eigenvalue weighted by molar-refractivity contribution is 9.10. The van der Waals surface area contributed by atoms with E-state index in [0.29, 0.717) is 18.9 Å². The summed E-state index contributed by atoms with van der Waals surface area (Å²) < 4.78 is 26.5. The number of urea groups is 1. The van der Waals surface area contributed by atoms with Gasteiger partial charge in [-0.25, -0.2) is 13.6 Å². The van der Waals surface area contributed by atoms with E-state index in [1.54, 1.807) is 6.92 Å². The summed E-state index contributed by atoms with van der Waals surface area (Å²) in [5.74, 6) is -3.02. The Morgan fingerprint density at radius 3 is 2.62 bits per heavy atom. The summed E-state index contributed by atoms with van der Waals surface area (Å²) in [7, 11) is 0. The SMILES string of the molecule is CC(CCCNC(=O)Nc1cc(Br)c(F)cc1F)C(=O)O. The van der Waals surface area contributed by atoms with Gasteiger partial charge in [-0.2, -0.15) is 0 Å². The number of halogens is 3. The summed E-state index contributed by atoms with van der Waals surface area (Å²) >= 11 is 2.89. The molecule has 0 spiro atoms. The van der Waals surface area contributed by atoms with E-state index in [0.717, 1.165) is 6.07 Å². The Labute approximate surface area is 128 Å². The number of carbonyl (C=O) groups is 2. The largest absolute Gasteiger partial charge is 0.481 e. The fourth-order valence-corrected chi connectivity index (χ4v) is 1.86. The van der Waals surface area contributed by atoms with E-state index in [1.165, 1.54) is 0 Å². The molecule has 1 aromatic carbocycles. The lowest BCUT2D eigenvalue weighted by Gasteiger charge is -2.10. The number of anilines is 1. The number of carbonyl (C=O) groups excluding carboxylic acids is 1. The quantitative estimate of drug-likeness (QED) is 0.534. The van der Waals surface area contributed by atoms with Crippen molar-refractivity contribution in [2.24, 2.45) is 5.92 Å². The maximum absolute atomic E-state index is 13.4. The topological polar surface area (TPSA) is 78.4 Å². The van der Waals surface area contributed by atoms with Crippen molar-refractivity contribution >= 4 is 33.6 Å². The average Bonchev–Trinajstić information content (AvgIpc) is 2.40. The molecule has 1 atom stereocenters. The zero-order valence-electron chi connectivity index (χ0n) is 11.3. The summed E-state index contributed by atoms with van der Waals surface area (Å²) in [6.07, 6.45) is 0.905. The molecule has 0 aromatic heterocycles. The van der Waals surface area contributed by atoms with Crippen LogP contribution in [0.5, 0.6) is 0 Å². The van der Waals surface area contributed by atoms with Crippen LogP contribution in [-0.4, -0.2) is 23.7 Å². The Bertz CT molecular complexity index is 540. The lowest BCUT2D eigenvalue weighted by molar-refractivity contribution is -0.141. The van der Waals surface area contributed by atoms with Crippen molar-refractivity contribution in [3.63, 3.8) is 0 Å². The van der Waals surface area contributed by atoms with Crippen molar-refractivity contribution in [1.29, 1.82) is 0 Å². The maximum Gasteiger partial charge on any atom is 0.319 e. The first-order chi connectivity index (χ1) is 9.81. The van der Waals surface area contributed by atoms with Crippen LogP contribution in [0.1, 0.15) is 19.8 Å². The first-order valence-electron chi connectivity index (χ1n) is 6.23. The summed E-state index contributed by atoms with van der Waals surface area (Å²) in [5.41, 5.74) is -0.153. The van der Waals surface area contributed by atoms with E-state index in [2.05, 4.69) is 26.6 Å². The molecule has 2 amide bonds. The van der Waals surface area contributed by atoms with Crippen molar-refractivity contribution in [3.8, 4) is 0 Å². The fourth-order valence-electron chi connectivity index (χ4n) is 1.52. The molecule has 1 unspecified atom stereocenters. The highest BCUT2D eigenvalue weighted by Gasteiger charge is 2.12. The predicted octanol–water partition coefficient (Wildman–Crippen LogP) is 3.35. The Morgan fingerprint density at radius 1 is 1.33 bits per heavy atom. The summed E-state index contributed by atoms with van der Waals surface area (Å²) in [6, 6.07) is 1.14. The molecule has 0 aliphatic rings. The third kappa shape index (κ3) is 5.66. The minimum Gasteiger partial charge on any atom is -0.481 e. The van der Waals surface area contributed by atoms with Crippen molar-refractivity contribution < 1.29 is 23.5 Å². The van der Waals surface area contributed by atoms with Gasteiger partial charge in [-0.3, -0.25) is 4.79 Å². The molecule has 1 aromatic rings. The van der Waals surface area contributed by atoms with Crippen LogP contribution < -0.4 is 10.6 Å². The molecule has 8 heteroatoms. The van der Waals surface area contributed by atoms with E-state index in [1.807, 2.05) is 0 Å². The van der Waals surface area contributed by atoms with Gasteiger partial charge in [0, 0.05) is 12.6 Å². The molecule has 0 aliphatic heterocycles. The Kier molecular flexibility index (Phi) is 6.54. The molecule has 5 nitrogen and oxygen atoms in total. The maximum atomic E-state index is 13.4. The summed E-state index contributed by atoms with van der Waals surface area (Å²) in [4.78, 5) is 22.1. The Morgan fingerprint density at radius 2 is 2.00 bits per heavy atom. The van der Waals surface area contributed by atoms with Crippen molar-refractivity contribution in [1.82, 2.24) is 5.32 Å². The van der Waals surface area contributed by atoms with Crippen LogP contribution in [0.15, 0.2) is 16.6 Å². The minimum atomic E-state index is -0.891. The lowest BCUT2D eigenvalue weighted by Crippen LogP contribution is -2.30. The van der Waals surface area contributed by atoms with Crippen LogP contribution >= 0.6 is 15.9 Å². The molecule has 0 saturated carbocycles. The van der Waals surface area contributed by atoms with Gasteiger partial charge in [0.2, 0.25) is 0 Å². The standard InChI is InChI=1S/C13H15BrF2N2O3/c1-7(12(19)20)3-2-4-17-13(21)18-11-5-8(14)9(15)6-10(11)16/h5-7H,2-4H2,1H3,(H,19,20)(H2,17,18,21). The van der Waals surface area contributed by atoms with Crippen LogP contribution in [0.25, 0.3) is 0 Å². The Hall–Kier alpha value is -1.70. The monoisotopic (exact) mass is 364 g/mol. The molecule has 3 N–H and O–H groups in total. The lowest BCUT2D eigenvalue weighted by atomic mass is 10.1. The van der Waals surface area contributed by atoms with Crippen LogP contribution in [0, 0.1) is 17.6 Å². The average molecular weight is 365 g/mol. The molecule has 0 fully saturated rings. The number of nitrogens with one attached hydrogen (secondary N) is 2. The van der Waals surface area contributed by atoms with Crippen LogP contribution in [0.4, 0.5) is 19.3 Å². The summed E-state index contributed by atoms with van der Waals surface area (Å²) in [5, 5.41) is 13.4. The number of hydrogen-bond donors (Lipinski definition) is 3.